The molecule has 0 N–H and O–H groups in total. The minimum absolute atomic E-state index is 0.176. The normalized spacial score (nSPS) is 20.0. The van der Waals surface area contributed by atoms with E-state index in [-0.39, 0.29) is 7.92 Å². The van der Waals surface area contributed by atoms with Crippen LogP contribution < -0.4 is 5.30 Å². The molecule has 1 heterocycles. The molecule has 1 aliphatic heterocycles. The van der Waals surface area contributed by atoms with Crippen molar-refractivity contribution in [2.45, 2.75) is 12.8 Å². The van der Waals surface area contributed by atoms with E-state index in [0.717, 1.165) is 0 Å². The Hall–Kier alpha value is -0.0000000000000000555. The second kappa shape index (κ2) is 5.78. The highest BCUT2D eigenvalue weighted by Gasteiger charge is 2.11. The van der Waals surface area contributed by atoms with E-state index in [1.54, 1.807) is 5.30 Å². The zero-order valence-electron chi connectivity index (χ0n) is 8.48. The Kier molecular flexibility index (Phi) is 4.34. The van der Waals surface area contributed by atoms with Gasteiger partial charge < -0.3 is 0 Å². The molecule has 1 saturated heterocycles. The predicted octanol–water partition coefficient (Wildman–Crippen LogP) is 3.32. The summed E-state index contributed by atoms with van der Waals surface area (Å²) in [5.74, 6) is 2.76. The lowest BCUT2D eigenvalue weighted by Gasteiger charge is -2.20. The summed E-state index contributed by atoms with van der Waals surface area (Å²) in [7, 11) is 0.176. The molecule has 0 atom stereocenters. The maximum absolute atomic E-state index is 2.32. The van der Waals surface area contributed by atoms with Gasteiger partial charge in [0.15, 0.2) is 0 Å². The number of thioether (sulfide) groups is 1. The third-order valence-electron chi connectivity index (χ3n) is 2.55. The van der Waals surface area contributed by atoms with Crippen molar-refractivity contribution in [1.29, 1.82) is 0 Å². The minimum atomic E-state index is 0.176. The molecule has 2 heteroatoms. The lowest BCUT2D eigenvalue weighted by Crippen LogP contribution is -2.09. The molecule has 0 bridgehead atoms. The summed E-state index contributed by atoms with van der Waals surface area (Å²) in [4.78, 5) is 0. The summed E-state index contributed by atoms with van der Waals surface area (Å²) in [6.45, 7) is 0. The van der Waals surface area contributed by atoms with E-state index < -0.39 is 0 Å². The molecule has 0 nitrogen and oxygen atoms in total. The van der Waals surface area contributed by atoms with Crippen molar-refractivity contribution in [2.24, 2.45) is 0 Å². The average molecular weight is 224 g/mol. The van der Waals surface area contributed by atoms with Crippen LogP contribution in [0.2, 0.25) is 0 Å². The Bertz CT molecular complexity index is 252. The number of hydrogen-bond acceptors (Lipinski definition) is 1. The maximum Gasteiger partial charge on any atom is -0.00641 e. The standard InChI is InChI=1S/C12H17PS/c1-2-6-12(7-3-1)13-8-4-10-14-11-5-9-13/h1-3,6-7H,4-5,8-11H2. The zero-order valence-corrected chi connectivity index (χ0v) is 10.2. The summed E-state index contributed by atoms with van der Waals surface area (Å²) in [6, 6.07) is 11.1. The summed E-state index contributed by atoms with van der Waals surface area (Å²) in [6.07, 6.45) is 5.75. The molecule has 14 heavy (non-hydrogen) atoms. The lowest BCUT2D eigenvalue weighted by molar-refractivity contribution is 1.05. The van der Waals surface area contributed by atoms with Gasteiger partial charge in [0, 0.05) is 0 Å². The Balaban J connectivity index is 2.01. The Morgan fingerprint density at radius 3 is 2.21 bits per heavy atom. The van der Waals surface area contributed by atoms with Gasteiger partial charge in [-0.25, -0.2) is 0 Å². The molecule has 1 fully saturated rings. The van der Waals surface area contributed by atoms with Crippen LogP contribution in [0.3, 0.4) is 0 Å². The van der Waals surface area contributed by atoms with Crippen molar-refractivity contribution < 1.29 is 0 Å². The van der Waals surface area contributed by atoms with Crippen LogP contribution in [0.15, 0.2) is 30.3 Å². The summed E-state index contributed by atoms with van der Waals surface area (Å²) in [5, 5.41) is 1.62. The van der Waals surface area contributed by atoms with Crippen molar-refractivity contribution >= 4 is 25.0 Å². The molecule has 0 aliphatic carbocycles. The van der Waals surface area contributed by atoms with E-state index in [0.29, 0.717) is 0 Å². The van der Waals surface area contributed by atoms with Gasteiger partial charge >= 0.3 is 0 Å². The molecule has 76 valence electrons. The van der Waals surface area contributed by atoms with Gasteiger partial charge in [0.2, 0.25) is 0 Å². The topological polar surface area (TPSA) is 0 Å². The van der Waals surface area contributed by atoms with E-state index in [1.807, 2.05) is 0 Å². The number of rotatable bonds is 1. The molecule has 1 aromatic rings. The molecule has 2 rings (SSSR count). The quantitative estimate of drug-likeness (QED) is 0.659. The smallest absolute Gasteiger partial charge is 0.00641 e. The first-order chi connectivity index (χ1) is 6.97. The lowest BCUT2D eigenvalue weighted by atomic mass is 10.4. The van der Waals surface area contributed by atoms with Crippen molar-refractivity contribution in [1.82, 2.24) is 0 Å². The van der Waals surface area contributed by atoms with Crippen LogP contribution >= 0.6 is 19.7 Å². The first-order valence-corrected chi connectivity index (χ1v) is 8.21. The number of hydrogen-bond donors (Lipinski definition) is 0. The van der Waals surface area contributed by atoms with Crippen LogP contribution in [0, 0.1) is 0 Å². The fraction of sp³-hybridized carbons (Fsp3) is 0.500. The maximum atomic E-state index is 2.32. The molecule has 0 saturated carbocycles. The molecular weight excluding hydrogens is 207 g/mol. The van der Waals surface area contributed by atoms with Crippen molar-refractivity contribution in [3.8, 4) is 0 Å². The van der Waals surface area contributed by atoms with Crippen LogP contribution in [-0.2, 0) is 0 Å². The molecule has 1 aromatic carbocycles. The van der Waals surface area contributed by atoms with Crippen LogP contribution in [0.4, 0.5) is 0 Å². The van der Waals surface area contributed by atoms with Gasteiger partial charge in [-0.1, -0.05) is 38.3 Å². The van der Waals surface area contributed by atoms with Crippen LogP contribution in [-0.4, -0.2) is 23.8 Å². The van der Waals surface area contributed by atoms with Gasteiger partial charge in [-0.3, -0.25) is 0 Å². The van der Waals surface area contributed by atoms with E-state index in [4.69, 9.17) is 0 Å². The fourth-order valence-electron chi connectivity index (χ4n) is 1.83. The minimum Gasteiger partial charge on any atom is -0.162 e. The fourth-order valence-corrected chi connectivity index (χ4v) is 5.57. The highest BCUT2D eigenvalue weighted by molar-refractivity contribution is 7.99. The van der Waals surface area contributed by atoms with Gasteiger partial charge in [0.1, 0.15) is 0 Å². The van der Waals surface area contributed by atoms with Gasteiger partial charge in [0.25, 0.3) is 0 Å². The first-order valence-electron chi connectivity index (χ1n) is 5.34. The van der Waals surface area contributed by atoms with Crippen LogP contribution in [0.1, 0.15) is 12.8 Å². The van der Waals surface area contributed by atoms with E-state index in [2.05, 4.69) is 42.1 Å². The Morgan fingerprint density at radius 2 is 1.57 bits per heavy atom. The summed E-state index contributed by atoms with van der Waals surface area (Å²) < 4.78 is 0. The molecule has 0 unspecified atom stereocenters. The van der Waals surface area contributed by atoms with Crippen molar-refractivity contribution in [3.63, 3.8) is 0 Å². The molecule has 1 aliphatic rings. The molecular formula is C12H17PS. The van der Waals surface area contributed by atoms with Crippen molar-refractivity contribution in [3.05, 3.63) is 30.3 Å². The molecule has 0 aromatic heterocycles. The van der Waals surface area contributed by atoms with E-state index in [1.165, 1.54) is 36.7 Å². The van der Waals surface area contributed by atoms with Gasteiger partial charge in [-0.05, 0) is 42.0 Å². The highest BCUT2D eigenvalue weighted by atomic mass is 32.2. The van der Waals surface area contributed by atoms with E-state index in [9.17, 15) is 0 Å². The first kappa shape index (κ1) is 10.5. The Morgan fingerprint density at radius 1 is 0.929 bits per heavy atom. The SMILES string of the molecule is c1ccc(P2CCCSCCC2)cc1. The molecule has 0 spiro atoms. The van der Waals surface area contributed by atoms with Crippen LogP contribution in [0.5, 0.6) is 0 Å². The second-order valence-electron chi connectivity index (χ2n) is 3.64. The Labute approximate surface area is 92.2 Å². The third kappa shape index (κ3) is 3.00. The third-order valence-corrected chi connectivity index (χ3v) is 6.45. The van der Waals surface area contributed by atoms with Crippen molar-refractivity contribution in [2.75, 3.05) is 23.8 Å². The zero-order chi connectivity index (χ0) is 9.64. The predicted molar refractivity (Wildman–Crippen MR) is 69.3 cm³/mol. The van der Waals surface area contributed by atoms with Gasteiger partial charge in [-0.2, -0.15) is 11.8 Å². The van der Waals surface area contributed by atoms with Gasteiger partial charge in [-0.15, -0.1) is 0 Å². The average Bonchev–Trinajstić information content (AvgIpc) is 2.18. The molecule has 0 amide bonds. The second-order valence-corrected chi connectivity index (χ2v) is 7.36. The summed E-state index contributed by atoms with van der Waals surface area (Å²) in [5.41, 5.74) is 0. The van der Waals surface area contributed by atoms with Crippen LogP contribution in [0.25, 0.3) is 0 Å². The number of benzene rings is 1. The van der Waals surface area contributed by atoms with E-state index >= 15 is 0 Å². The highest BCUT2D eigenvalue weighted by Crippen LogP contribution is 2.37. The summed E-state index contributed by atoms with van der Waals surface area (Å²) >= 11 is 2.14. The van der Waals surface area contributed by atoms with Gasteiger partial charge in [0.05, 0.1) is 0 Å². The largest absolute Gasteiger partial charge is 0.162 e. The monoisotopic (exact) mass is 224 g/mol. The molecule has 0 radical (unpaired) electrons.